The third kappa shape index (κ3) is 3.06. The Morgan fingerprint density at radius 2 is 2.35 bits per heavy atom. The first-order valence-electron chi connectivity index (χ1n) is 6.09. The monoisotopic (exact) mass is 237 g/mol. The number of rotatable bonds is 4. The first kappa shape index (κ1) is 12.1. The average molecular weight is 237 g/mol. The van der Waals surface area contributed by atoms with Gasteiger partial charge in [0.1, 0.15) is 6.04 Å². The molecule has 1 atom stereocenters. The van der Waals surface area contributed by atoms with Crippen LogP contribution in [-0.2, 0) is 16.1 Å². The highest BCUT2D eigenvalue weighted by atomic mass is 16.5. The first-order chi connectivity index (χ1) is 8.31. The molecule has 0 aliphatic carbocycles. The quantitative estimate of drug-likeness (QED) is 0.730. The maximum atomic E-state index is 11.7. The summed E-state index contributed by atoms with van der Waals surface area (Å²) >= 11 is 0. The highest BCUT2D eigenvalue weighted by Crippen LogP contribution is 2.17. The fourth-order valence-corrected chi connectivity index (χ4v) is 2.32. The van der Waals surface area contributed by atoms with Crippen molar-refractivity contribution in [1.29, 1.82) is 0 Å². The predicted molar refractivity (Wildman–Crippen MR) is 63.5 cm³/mol. The molecule has 0 spiro atoms. The lowest BCUT2D eigenvalue weighted by Gasteiger charge is -2.33. The Kier molecular flexibility index (Phi) is 4.14. The molecule has 0 aromatic carbocycles. The van der Waals surface area contributed by atoms with Gasteiger partial charge in [-0.05, 0) is 19.4 Å². The third-order valence-corrected chi connectivity index (χ3v) is 3.29. The van der Waals surface area contributed by atoms with Crippen LogP contribution in [0.5, 0.6) is 0 Å². The minimum absolute atomic E-state index is 0.0581. The molecule has 1 aromatic rings. The van der Waals surface area contributed by atoms with Crippen molar-refractivity contribution < 1.29 is 9.53 Å². The summed E-state index contributed by atoms with van der Waals surface area (Å²) in [5.41, 5.74) is 0. The number of methoxy groups -OCH3 is 1. The van der Waals surface area contributed by atoms with E-state index in [1.807, 2.05) is 10.8 Å². The summed E-state index contributed by atoms with van der Waals surface area (Å²) in [6, 6.07) is -0.0581. The van der Waals surface area contributed by atoms with Gasteiger partial charge in [0.15, 0.2) is 0 Å². The number of piperidine rings is 1. The maximum absolute atomic E-state index is 11.7. The number of ether oxygens (including phenoxy) is 1. The first-order valence-corrected chi connectivity index (χ1v) is 6.09. The zero-order valence-electron chi connectivity index (χ0n) is 10.2. The summed E-state index contributed by atoms with van der Waals surface area (Å²) in [4.78, 5) is 17.9. The topological polar surface area (TPSA) is 47.4 Å². The molecule has 0 radical (unpaired) electrons. The summed E-state index contributed by atoms with van der Waals surface area (Å²) in [6.45, 7) is 2.72. The highest BCUT2D eigenvalue weighted by molar-refractivity contribution is 5.75. The fraction of sp³-hybridized carbons (Fsp3) is 0.667. The van der Waals surface area contributed by atoms with Crippen molar-refractivity contribution in [3.8, 4) is 0 Å². The molecule has 1 saturated heterocycles. The van der Waals surface area contributed by atoms with E-state index in [-0.39, 0.29) is 12.0 Å². The van der Waals surface area contributed by atoms with Gasteiger partial charge < -0.3 is 9.30 Å². The lowest BCUT2D eigenvalue weighted by Crippen LogP contribution is -2.46. The summed E-state index contributed by atoms with van der Waals surface area (Å²) in [7, 11) is 1.46. The van der Waals surface area contributed by atoms with Gasteiger partial charge in [-0.2, -0.15) is 0 Å². The Bertz CT molecular complexity index is 351. The van der Waals surface area contributed by atoms with Crippen LogP contribution in [-0.4, -0.2) is 46.7 Å². The van der Waals surface area contributed by atoms with Crippen LogP contribution < -0.4 is 0 Å². The number of carbonyl (C=O) groups excluding carboxylic acids is 1. The van der Waals surface area contributed by atoms with E-state index in [2.05, 4.69) is 9.88 Å². The van der Waals surface area contributed by atoms with Crippen LogP contribution in [0.25, 0.3) is 0 Å². The minimum Gasteiger partial charge on any atom is -0.468 e. The van der Waals surface area contributed by atoms with Gasteiger partial charge in [0.2, 0.25) is 0 Å². The Balaban J connectivity index is 1.90. The second-order valence-corrected chi connectivity index (χ2v) is 4.37. The lowest BCUT2D eigenvalue weighted by atomic mass is 10.0. The van der Waals surface area contributed by atoms with Crippen molar-refractivity contribution in [2.45, 2.75) is 31.8 Å². The van der Waals surface area contributed by atoms with Crippen LogP contribution in [0.3, 0.4) is 0 Å². The normalized spacial score (nSPS) is 21.4. The molecule has 2 rings (SSSR count). The number of nitrogens with zero attached hydrogens (tertiary/aromatic N) is 3. The Labute approximate surface area is 101 Å². The second-order valence-electron chi connectivity index (χ2n) is 4.37. The molecule has 94 valence electrons. The number of carbonyl (C=O) groups is 1. The summed E-state index contributed by atoms with van der Waals surface area (Å²) in [5, 5.41) is 0. The molecule has 1 aliphatic rings. The van der Waals surface area contributed by atoms with Crippen molar-refractivity contribution in [3.63, 3.8) is 0 Å². The van der Waals surface area contributed by atoms with Crippen LogP contribution in [0, 0.1) is 0 Å². The van der Waals surface area contributed by atoms with E-state index < -0.39 is 0 Å². The largest absolute Gasteiger partial charge is 0.468 e. The van der Waals surface area contributed by atoms with Gasteiger partial charge in [0.25, 0.3) is 0 Å². The van der Waals surface area contributed by atoms with E-state index >= 15 is 0 Å². The van der Waals surface area contributed by atoms with E-state index in [1.54, 1.807) is 12.5 Å². The Hall–Kier alpha value is -1.36. The number of imidazole rings is 1. The van der Waals surface area contributed by atoms with Crippen molar-refractivity contribution in [3.05, 3.63) is 18.7 Å². The van der Waals surface area contributed by atoms with Gasteiger partial charge >= 0.3 is 5.97 Å². The standard InChI is InChI=1S/C12H19N3O2/c1-17-12(16)11-4-2-3-6-15(11)9-8-14-7-5-13-10-14/h5,7,10-11H,2-4,6,8-9H2,1H3. The molecule has 5 heteroatoms. The number of likely N-dealkylation sites (tertiary alicyclic amines) is 1. The van der Waals surface area contributed by atoms with Crippen molar-refractivity contribution in [2.75, 3.05) is 20.2 Å². The maximum Gasteiger partial charge on any atom is 0.323 e. The van der Waals surface area contributed by atoms with E-state index in [0.717, 1.165) is 38.9 Å². The van der Waals surface area contributed by atoms with Crippen LogP contribution in [0.2, 0.25) is 0 Å². The zero-order valence-corrected chi connectivity index (χ0v) is 10.2. The van der Waals surface area contributed by atoms with Crippen LogP contribution >= 0.6 is 0 Å². The average Bonchev–Trinajstić information content (AvgIpc) is 2.89. The molecule has 0 bridgehead atoms. The number of aromatic nitrogens is 2. The molecule has 1 aliphatic heterocycles. The van der Waals surface area contributed by atoms with E-state index in [4.69, 9.17) is 4.74 Å². The Morgan fingerprint density at radius 3 is 3.06 bits per heavy atom. The SMILES string of the molecule is COC(=O)C1CCCCN1CCn1ccnc1. The molecule has 5 nitrogen and oxygen atoms in total. The summed E-state index contributed by atoms with van der Waals surface area (Å²) < 4.78 is 6.89. The second kappa shape index (κ2) is 5.82. The molecule has 1 aromatic heterocycles. The van der Waals surface area contributed by atoms with E-state index in [1.165, 1.54) is 7.11 Å². The van der Waals surface area contributed by atoms with Gasteiger partial charge in [0.05, 0.1) is 13.4 Å². The molecule has 1 unspecified atom stereocenters. The molecule has 17 heavy (non-hydrogen) atoms. The van der Waals surface area contributed by atoms with E-state index in [0.29, 0.717) is 0 Å². The van der Waals surface area contributed by atoms with Crippen LogP contribution in [0.4, 0.5) is 0 Å². The Morgan fingerprint density at radius 1 is 1.47 bits per heavy atom. The molecular formula is C12H19N3O2. The number of hydrogen-bond donors (Lipinski definition) is 0. The van der Waals surface area contributed by atoms with Crippen LogP contribution in [0.1, 0.15) is 19.3 Å². The van der Waals surface area contributed by atoms with Crippen LogP contribution in [0.15, 0.2) is 18.7 Å². The van der Waals surface area contributed by atoms with Gasteiger partial charge in [-0.15, -0.1) is 0 Å². The number of hydrogen-bond acceptors (Lipinski definition) is 4. The lowest BCUT2D eigenvalue weighted by molar-refractivity contribution is -0.148. The van der Waals surface area contributed by atoms with Gasteiger partial charge in [-0.25, -0.2) is 4.98 Å². The smallest absolute Gasteiger partial charge is 0.323 e. The zero-order chi connectivity index (χ0) is 12.1. The molecule has 0 N–H and O–H groups in total. The molecule has 0 saturated carbocycles. The molecular weight excluding hydrogens is 218 g/mol. The van der Waals surface area contributed by atoms with Gasteiger partial charge in [-0.3, -0.25) is 9.69 Å². The van der Waals surface area contributed by atoms with Crippen molar-refractivity contribution >= 4 is 5.97 Å². The van der Waals surface area contributed by atoms with E-state index in [9.17, 15) is 4.79 Å². The summed E-state index contributed by atoms with van der Waals surface area (Å²) in [6.07, 6.45) is 8.71. The minimum atomic E-state index is -0.102. The molecule has 2 heterocycles. The van der Waals surface area contributed by atoms with Gasteiger partial charge in [0, 0.05) is 25.5 Å². The summed E-state index contributed by atoms with van der Waals surface area (Å²) in [5.74, 6) is -0.102. The molecule has 1 fully saturated rings. The number of esters is 1. The predicted octanol–water partition coefficient (Wildman–Crippen LogP) is 0.911. The highest BCUT2D eigenvalue weighted by Gasteiger charge is 2.28. The fourth-order valence-electron chi connectivity index (χ4n) is 2.32. The van der Waals surface area contributed by atoms with Gasteiger partial charge in [-0.1, -0.05) is 6.42 Å². The third-order valence-electron chi connectivity index (χ3n) is 3.29. The van der Waals surface area contributed by atoms with Crippen molar-refractivity contribution in [2.24, 2.45) is 0 Å². The van der Waals surface area contributed by atoms with Crippen molar-refractivity contribution in [1.82, 2.24) is 14.5 Å². The molecule has 0 amide bonds.